The van der Waals surface area contributed by atoms with E-state index in [4.69, 9.17) is 27.9 Å². The van der Waals surface area contributed by atoms with Crippen LogP contribution in [0.3, 0.4) is 0 Å². The number of hydrogen-bond acceptors (Lipinski definition) is 4. The molecule has 3 heterocycles. The van der Waals surface area contributed by atoms with E-state index in [1.807, 2.05) is 24.3 Å². The van der Waals surface area contributed by atoms with Crippen molar-refractivity contribution < 1.29 is 4.74 Å². The van der Waals surface area contributed by atoms with E-state index in [0.29, 0.717) is 24.1 Å². The Hall–Kier alpha value is -1.33. The molecule has 0 amide bonds. The molecule has 0 saturated carbocycles. The highest BCUT2D eigenvalue weighted by atomic mass is 35.5. The molecule has 1 aromatic carbocycles. The zero-order valence-electron chi connectivity index (χ0n) is 17.8. The van der Waals surface area contributed by atoms with Gasteiger partial charge < -0.3 is 9.64 Å². The molecule has 2 saturated heterocycles. The zero-order chi connectivity index (χ0) is 21.1. The number of anilines is 1. The van der Waals surface area contributed by atoms with Crippen molar-refractivity contribution in [3.05, 3.63) is 58.2 Å². The number of morpholine rings is 1. The summed E-state index contributed by atoms with van der Waals surface area (Å²) >= 11 is 12.2. The standard InChI is InChI=1S/C24H31Cl2N3O/c1-17(2)23-15-29(22(16-30-23)13-18-3-5-19(25)6-4-18)21-8-11-28(12-9-21)24-14-20(26)7-10-27-24/h3-7,10,14,17,21-23H,8-9,11-13,15-16H2,1-2H3/t22-,23+/m0/s1. The van der Waals surface area contributed by atoms with Crippen molar-refractivity contribution in [2.75, 3.05) is 31.1 Å². The summed E-state index contributed by atoms with van der Waals surface area (Å²) in [5.74, 6) is 1.51. The van der Waals surface area contributed by atoms with E-state index in [2.05, 4.69) is 40.8 Å². The lowest BCUT2D eigenvalue weighted by molar-refractivity contribution is -0.0980. The Morgan fingerprint density at radius 3 is 2.47 bits per heavy atom. The molecule has 0 radical (unpaired) electrons. The van der Waals surface area contributed by atoms with Gasteiger partial charge in [0.05, 0.1) is 12.7 Å². The van der Waals surface area contributed by atoms with Crippen LogP contribution in [0.5, 0.6) is 0 Å². The molecule has 2 aliphatic rings. The molecule has 0 aliphatic carbocycles. The monoisotopic (exact) mass is 447 g/mol. The fourth-order valence-electron chi connectivity index (χ4n) is 4.65. The number of benzene rings is 1. The van der Waals surface area contributed by atoms with Gasteiger partial charge in [-0.1, -0.05) is 49.2 Å². The predicted octanol–water partition coefficient (Wildman–Crippen LogP) is 5.33. The summed E-state index contributed by atoms with van der Waals surface area (Å²) < 4.78 is 6.27. The van der Waals surface area contributed by atoms with E-state index >= 15 is 0 Å². The van der Waals surface area contributed by atoms with Crippen molar-refractivity contribution in [2.24, 2.45) is 5.92 Å². The first-order valence-corrected chi connectivity index (χ1v) is 11.7. The van der Waals surface area contributed by atoms with Gasteiger partial charge in [0.25, 0.3) is 0 Å². The number of ether oxygens (including phenoxy) is 1. The molecule has 162 valence electrons. The molecule has 6 heteroatoms. The van der Waals surface area contributed by atoms with Crippen molar-refractivity contribution >= 4 is 29.0 Å². The lowest BCUT2D eigenvalue weighted by Crippen LogP contribution is -2.58. The Morgan fingerprint density at radius 2 is 1.80 bits per heavy atom. The van der Waals surface area contributed by atoms with Gasteiger partial charge in [-0.25, -0.2) is 4.98 Å². The first-order valence-electron chi connectivity index (χ1n) is 11.0. The second-order valence-corrected chi connectivity index (χ2v) is 9.72. The van der Waals surface area contributed by atoms with Gasteiger partial charge in [-0.2, -0.15) is 0 Å². The maximum Gasteiger partial charge on any atom is 0.129 e. The normalized spacial score (nSPS) is 23.8. The molecule has 30 heavy (non-hydrogen) atoms. The van der Waals surface area contributed by atoms with Crippen LogP contribution in [-0.4, -0.2) is 54.3 Å². The maximum absolute atomic E-state index is 6.27. The van der Waals surface area contributed by atoms with Gasteiger partial charge in [-0.05, 0) is 55.0 Å². The van der Waals surface area contributed by atoms with E-state index in [0.717, 1.165) is 61.4 Å². The number of rotatable bonds is 5. The van der Waals surface area contributed by atoms with Gasteiger partial charge in [-0.3, -0.25) is 4.90 Å². The summed E-state index contributed by atoms with van der Waals surface area (Å²) in [7, 11) is 0. The van der Waals surface area contributed by atoms with Gasteiger partial charge in [-0.15, -0.1) is 0 Å². The number of piperidine rings is 1. The third-order valence-corrected chi connectivity index (χ3v) is 6.94. The van der Waals surface area contributed by atoms with Gasteiger partial charge in [0, 0.05) is 48.0 Å². The summed E-state index contributed by atoms with van der Waals surface area (Å²) in [6.07, 6.45) is 5.37. The third-order valence-electron chi connectivity index (χ3n) is 6.46. The van der Waals surface area contributed by atoms with Crippen LogP contribution in [-0.2, 0) is 11.2 Å². The Kier molecular flexibility index (Phi) is 7.20. The second kappa shape index (κ2) is 9.86. The molecule has 0 N–H and O–H groups in total. The lowest BCUT2D eigenvalue weighted by Gasteiger charge is -2.47. The SMILES string of the molecule is CC(C)[C@H]1CN(C2CCN(c3cc(Cl)ccn3)CC2)[C@@H](Cc2ccc(Cl)cc2)CO1. The summed E-state index contributed by atoms with van der Waals surface area (Å²) in [5.41, 5.74) is 1.32. The summed E-state index contributed by atoms with van der Waals surface area (Å²) in [4.78, 5) is 9.60. The first kappa shape index (κ1) is 21.9. The zero-order valence-corrected chi connectivity index (χ0v) is 19.3. The van der Waals surface area contributed by atoms with E-state index in [-0.39, 0.29) is 0 Å². The number of pyridine rings is 1. The van der Waals surface area contributed by atoms with E-state index in [1.165, 1.54) is 5.56 Å². The van der Waals surface area contributed by atoms with Crippen LogP contribution in [0.1, 0.15) is 32.3 Å². The molecule has 0 unspecified atom stereocenters. The summed E-state index contributed by atoms with van der Waals surface area (Å²) in [6.45, 7) is 8.34. The van der Waals surface area contributed by atoms with Crippen LogP contribution >= 0.6 is 23.2 Å². The quantitative estimate of drug-likeness (QED) is 0.619. The highest BCUT2D eigenvalue weighted by Crippen LogP contribution is 2.29. The molecule has 0 bridgehead atoms. The topological polar surface area (TPSA) is 28.6 Å². The first-order chi connectivity index (χ1) is 14.5. The van der Waals surface area contributed by atoms with Crippen LogP contribution in [0.4, 0.5) is 5.82 Å². The fourth-order valence-corrected chi connectivity index (χ4v) is 4.93. The molecule has 0 spiro atoms. The Morgan fingerprint density at radius 1 is 1.07 bits per heavy atom. The van der Waals surface area contributed by atoms with Crippen LogP contribution in [0.15, 0.2) is 42.6 Å². The largest absolute Gasteiger partial charge is 0.375 e. The van der Waals surface area contributed by atoms with Gasteiger partial charge in [0.15, 0.2) is 0 Å². The van der Waals surface area contributed by atoms with Crippen molar-refractivity contribution in [1.82, 2.24) is 9.88 Å². The van der Waals surface area contributed by atoms with Crippen LogP contribution in [0, 0.1) is 5.92 Å². The van der Waals surface area contributed by atoms with Crippen LogP contribution in [0.2, 0.25) is 10.0 Å². The number of halogens is 2. The lowest BCUT2D eigenvalue weighted by atomic mass is 9.94. The highest BCUT2D eigenvalue weighted by molar-refractivity contribution is 6.30. The molecule has 2 aromatic rings. The minimum atomic E-state index is 0.305. The van der Waals surface area contributed by atoms with Crippen molar-refractivity contribution in [1.29, 1.82) is 0 Å². The van der Waals surface area contributed by atoms with Crippen molar-refractivity contribution in [3.63, 3.8) is 0 Å². The number of nitrogens with zero attached hydrogens (tertiary/aromatic N) is 3. The molecular formula is C24H31Cl2N3O. The highest BCUT2D eigenvalue weighted by Gasteiger charge is 2.36. The minimum absolute atomic E-state index is 0.305. The van der Waals surface area contributed by atoms with Gasteiger partial charge in [0.2, 0.25) is 0 Å². The summed E-state index contributed by atoms with van der Waals surface area (Å²) in [6, 6.07) is 13.0. The van der Waals surface area contributed by atoms with Crippen LogP contribution < -0.4 is 4.90 Å². The maximum atomic E-state index is 6.27. The molecule has 2 aliphatic heterocycles. The van der Waals surface area contributed by atoms with E-state index < -0.39 is 0 Å². The molecule has 2 fully saturated rings. The number of aromatic nitrogens is 1. The van der Waals surface area contributed by atoms with E-state index in [1.54, 1.807) is 6.20 Å². The van der Waals surface area contributed by atoms with Gasteiger partial charge >= 0.3 is 0 Å². The molecule has 2 atom stereocenters. The second-order valence-electron chi connectivity index (χ2n) is 8.85. The molecule has 1 aromatic heterocycles. The molecular weight excluding hydrogens is 417 g/mol. The van der Waals surface area contributed by atoms with Gasteiger partial charge in [0.1, 0.15) is 5.82 Å². The van der Waals surface area contributed by atoms with E-state index in [9.17, 15) is 0 Å². The van der Waals surface area contributed by atoms with Crippen molar-refractivity contribution in [3.8, 4) is 0 Å². The average molecular weight is 448 g/mol. The summed E-state index contributed by atoms with van der Waals surface area (Å²) in [5, 5.41) is 1.54. The number of hydrogen-bond donors (Lipinski definition) is 0. The third kappa shape index (κ3) is 5.28. The Bertz CT molecular complexity index is 821. The van der Waals surface area contributed by atoms with Crippen molar-refractivity contribution in [2.45, 2.75) is 51.3 Å². The Balaban J connectivity index is 1.44. The Labute approximate surface area is 190 Å². The molecule has 4 nitrogen and oxygen atoms in total. The minimum Gasteiger partial charge on any atom is -0.375 e. The van der Waals surface area contributed by atoms with Crippen LogP contribution in [0.25, 0.3) is 0 Å². The molecule has 4 rings (SSSR count). The average Bonchev–Trinajstić information content (AvgIpc) is 2.75. The predicted molar refractivity (Wildman–Crippen MR) is 125 cm³/mol. The fraction of sp³-hybridized carbons (Fsp3) is 0.542. The smallest absolute Gasteiger partial charge is 0.129 e.